The van der Waals surface area contributed by atoms with E-state index in [9.17, 15) is 0 Å². The molecule has 0 bridgehead atoms. The van der Waals surface area contributed by atoms with Crippen LogP contribution in [-0.2, 0) is 0 Å². The van der Waals surface area contributed by atoms with Crippen LogP contribution in [0.3, 0.4) is 0 Å². The van der Waals surface area contributed by atoms with E-state index in [2.05, 4.69) is 0 Å². The molecule has 0 radical (unpaired) electrons. The third-order valence-corrected chi connectivity index (χ3v) is 1.31. The van der Waals surface area contributed by atoms with E-state index in [4.69, 9.17) is 10.8 Å². The standard InChI is InChI=1S/C6H4O.C3H9N/c7-6-3-4-1-2-5(4)6;1-3(2)4/h1-3,7H;3H,4H2,1-2H3. The maximum atomic E-state index is 8.69. The predicted octanol–water partition coefficient (Wildman–Crippen LogP) is 1.35. The molecule has 0 aromatic carbocycles. The van der Waals surface area contributed by atoms with Crippen LogP contribution in [0.15, 0.2) is 18.2 Å². The fraction of sp³-hybridized carbons (Fsp3) is 0.333. The van der Waals surface area contributed by atoms with Gasteiger partial charge in [-0.25, -0.2) is 0 Å². The van der Waals surface area contributed by atoms with Crippen LogP contribution in [0.5, 0.6) is 5.75 Å². The molecule has 2 heteroatoms. The molecule has 2 nitrogen and oxygen atoms in total. The molecule has 0 aromatic heterocycles. The SMILES string of the molecule is CC(C)N.Oc1cc2ccc1=2. The van der Waals surface area contributed by atoms with E-state index in [1.165, 1.54) is 5.22 Å². The van der Waals surface area contributed by atoms with Crippen molar-refractivity contribution in [3.8, 4) is 5.75 Å². The molecular formula is C9H13NO. The van der Waals surface area contributed by atoms with Crippen LogP contribution >= 0.6 is 0 Å². The van der Waals surface area contributed by atoms with Gasteiger partial charge in [-0.3, -0.25) is 0 Å². The van der Waals surface area contributed by atoms with Gasteiger partial charge in [0.2, 0.25) is 0 Å². The highest BCUT2D eigenvalue weighted by Crippen LogP contribution is 2.21. The van der Waals surface area contributed by atoms with Crippen LogP contribution < -0.4 is 5.73 Å². The Labute approximate surface area is 66.0 Å². The molecule has 11 heavy (non-hydrogen) atoms. The Hall–Kier alpha value is -1.02. The Kier molecular flexibility index (Phi) is 2.15. The Morgan fingerprint density at radius 2 is 1.91 bits per heavy atom. The van der Waals surface area contributed by atoms with Crippen LogP contribution in [0.25, 0.3) is 0 Å². The highest BCUT2D eigenvalue weighted by molar-refractivity contribution is 5.37. The lowest BCUT2D eigenvalue weighted by atomic mass is 10.1. The second-order valence-electron chi connectivity index (χ2n) is 2.98. The molecule has 0 unspecified atom stereocenters. The molecule has 60 valence electrons. The van der Waals surface area contributed by atoms with Crippen LogP contribution in [0.2, 0.25) is 0 Å². The smallest absolute Gasteiger partial charge is 0.124 e. The molecule has 2 aliphatic rings. The van der Waals surface area contributed by atoms with Crippen LogP contribution in [0.1, 0.15) is 13.8 Å². The summed E-state index contributed by atoms with van der Waals surface area (Å²) in [6, 6.07) is 5.98. The molecule has 0 heterocycles. The molecular weight excluding hydrogens is 138 g/mol. The average molecular weight is 151 g/mol. The first kappa shape index (κ1) is 8.08. The molecule has 0 aromatic rings. The van der Waals surface area contributed by atoms with E-state index >= 15 is 0 Å². The minimum atomic E-state index is 0.333. The molecule has 3 N–H and O–H groups in total. The first-order valence-corrected chi connectivity index (χ1v) is 3.70. The van der Waals surface area contributed by atoms with Gasteiger partial charge in [0.15, 0.2) is 0 Å². The zero-order chi connectivity index (χ0) is 8.43. The van der Waals surface area contributed by atoms with Crippen LogP contribution in [0.4, 0.5) is 0 Å². The van der Waals surface area contributed by atoms with Gasteiger partial charge in [-0.15, -0.1) is 0 Å². The van der Waals surface area contributed by atoms with Crippen LogP contribution in [-0.4, -0.2) is 11.1 Å². The van der Waals surface area contributed by atoms with Gasteiger partial charge in [-0.2, -0.15) is 0 Å². The number of hydrogen-bond donors (Lipinski definition) is 2. The van der Waals surface area contributed by atoms with E-state index in [1.807, 2.05) is 26.0 Å². The number of aromatic hydroxyl groups is 1. The Bertz CT molecular complexity index is 327. The van der Waals surface area contributed by atoms with Crippen LogP contribution in [0, 0.1) is 10.4 Å². The van der Waals surface area contributed by atoms with Gasteiger partial charge in [0, 0.05) is 5.22 Å². The zero-order valence-corrected chi connectivity index (χ0v) is 6.83. The van der Waals surface area contributed by atoms with Crippen molar-refractivity contribution in [3.05, 3.63) is 28.6 Å². The summed E-state index contributed by atoms with van der Waals surface area (Å²) < 4.78 is 0. The van der Waals surface area contributed by atoms with Gasteiger partial charge in [0.25, 0.3) is 0 Å². The Morgan fingerprint density at radius 3 is 1.91 bits per heavy atom. The van der Waals surface area contributed by atoms with E-state index in [0.717, 1.165) is 5.22 Å². The summed E-state index contributed by atoms with van der Waals surface area (Å²) in [7, 11) is 0. The third kappa shape index (κ3) is 1.71. The number of phenols is 1. The monoisotopic (exact) mass is 151 g/mol. The summed E-state index contributed by atoms with van der Waals surface area (Å²) in [5.74, 6) is 0.442. The van der Waals surface area contributed by atoms with E-state index in [-0.39, 0.29) is 0 Å². The minimum Gasteiger partial charge on any atom is -0.507 e. The first-order chi connectivity index (χ1) is 5.11. The van der Waals surface area contributed by atoms with E-state index < -0.39 is 0 Å². The van der Waals surface area contributed by atoms with Gasteiger partial charge in [-0.1, -0.05) is 26.0 Å². The molecule has 2 rings (SSSR count). The normalized spacial score (nSPS) is 10.5. The molecule has 0 saturated heterocycles. The maximum Gasteiger partial charge on any atom is 0.124 e. The molecule has 0 spiro atoms. The lowest BCUT2D eigenvalue weighted by Crippen LogP contribution is -2.06. The first-order valence-electron chi connectivity index (χ1n) is 3.70. The highest BCUT2D eigenvalue weighted by Gasteiger charge is 2.00. The summed E-state index contributed by atoms with van der Waals surface area (Å²) in [6.07, 6.45) is 0. The van der Waals surface area contributed by atoms with Gasteiger partial charge in [-0.05, 0) is 17.3 Å². The number of phenolic OH excluding ortho intramolecular Hbond substituents is 1. The lowest BCUT2D eigenvalue weighted by Gasteiger charge is -2.02. The average Bonchev–Trinajstić information content (AvgIpc) is 1.81. The van der Waals surface area contributed by atoms with Crippen molar-refractivity contribution in [1.29, 1.82) is 0 Å². The van der Waals surface area contributed by atoms with Crippen molar-refractivity contribution in [2.45, 2.75) is 19.9 Å². The highest BCUT2D eigenvalue weighted by atomic mass is 16.3. The summed E-state index contributed by atoms with van der Waals surface area (Å²) in [6.45, 7) is 3.89. The summed E-state index contributed by atoms with van der Waals surface area (Å²) in [5, 5.41) is 10.9. The van der Waals surface area contributed by atoms with Crippen molar-refractivity contribution >= 4 is 0 Å². The summed E-state index contributed by atoms with van der Waals surface area (Å²) in [4.78, 5) is 0. The van der Waals surface area contributed by atoms with Gasteiger partial charge in [0.05, 0.1) is 0 Å². The fourth-order valence-electron chi connectivity index (χ4n) is 0.769. The molecule has 0 saturated carbocycles. The second kappa shape index (κ2) is 2.93. The quantitative estimate of drug-likeness (QED) is 0.597. The molecule has 2 aliphatic carbocycles. The van der Waals surface area contributed by atoms with Crippen molar-refractivity contribution in [1.82, 2.24) is 0 Å². The van der Waals surface area contributed by atoms with Gasteiger partial charge < -0.3 is 10.8 Å². The Balaban J connectivity index is 0.000000134. The van der Waals surface area contributed by atoms with Crippen molar-refractivity contribution in [2.24, 2.45) is 5.73 Å². The summed E-state index contributed by atoms with van der Waals surface area (Å²) in [5.41, 5.74) is 5.11. The van der Waals surface area contributed by atoms with Gasteiger partial charge in [0.1, 0.15) is 5.75 Å². The minimum absolute atomic E-state index is 0.333. The number of hydrogen-bond acceptors (Lipinski definition) is 2. The number of benzene rings is 1. The zero-order valence-electron chi connectivity index (χ0n) is 6.83. The lowest BCUT2D eigenvalue weighted by molar-refractivity contribution is 0.465. The van der Waals surface area contributed by atoms with Crippen molar-refractivity contribution in [3.63, 3.8) is 0 Å². The maximum absolute atomic E-state index is 8.69. The largest absolute Gasteiger partial charge is 0.507 e. The van der Waals surface area contributed by atoms with E-state index in [1.54, 1.807) is 6.07 Å². The molecule has 0 aliphatic heterocycles. The van der Waals surface area contributed by atoms with Crippen molar-refractivity contribution in [2.75, 3.05) is 0 Å². The number of rotatable bonds is 0. The second-order valence-corrected chi connectivity index (χ2v) is 2.98. The fourth-order valence-corrected chi connectivity index (χ4v) is 0.769. The third-order valence-electron chi connectivity index (χ3n) is 1.31. The van der Waals surface area contributed by atoms with Crippen molar-refractivity contribution < 1.29 is 5.11 Å². The van der Waals surface area contributed by atoms with Gasteiger partial charge >= 0.3 is 0 Å². The summed E-state index contributed by atoms with van der Waals surface area (Å²) >= 11 is 0. The Morgan fingerprint density at radius 1 is 1.36 bits per heavy atom. The topological polar surface area (TPSA) is 46.2 Å². The predicted molar refractivity (Wildman–Crippen MR) is 45.1 cm³/mol. The molecule has 0 fully saturated rings. The molecule has 0 atom stereocenters. The number of nitrogens with two attached hydrogens (primary N) is 1. The molecule has 0 amide bonds. The van der Waals surface area contributed by atoms with E-state index in [0.29, 0.717) is 11.8 Å².